The van der Waals surface area contributed by atoms with Crippen molar-refractivity contribution in [3.05, 3.63) is 52.5 Å². The van der Waals surface area contributed by atoms with Crippen molar-refractivity contribution < 1.29 is 9.13 Å². The van der Waals surface area contributed by atoms with Crippen molar-refractivity contribution in [1.29, 1.82) is 0 Å². The average Bonchev–Trinajstić information content (AvgIpc) is 3.07. The summed E-state index contributed by atoms with van der Waals surface area (Å²) in [6, 6.07) is 10.3. The molecule has 0 radical (unpaired) electrons. The third-order valence-electron chi connectivity index (χ3n) is 3.29. The van der Waals surface area contributed by atoms with Crippen LogP contribution in [0, 0.1) is 5.82 Å². The van der Waals surface area contributed by atoms with Gasteiger partial charge in [-0.05, 0) is 30.0 Å². The number of guanidine groups is 1. The topological polar surface area (TPSA) is 45.7 Å². The Morgan fingerprint density at radius 1 is 1.29 bits per heavy atom. The zero-order valence-corrected chi connectivity index (χ0v) is 16.9. The van der Waals surface area contributed by atoms with Crippen LogP contribution in [0.2, 0.25) is 0 Å². The van der Waals surface area contributed by atoms with Gasteiger partial charge in [0.2, 0.25) is 0 Å². The largest absolute Gasteiger partial charge is 0.489 e. The number of thiophene rings is 1. The first-order valence-electron chi connectivity index (χ1n) is 7.60. The molecule has 0 aliphatic heterocycles. The van der Waals surface area contributed by atoms with E-state index < -0.39 is 0 Å². The predicted molar refractivity (Wildman–Crippen MR) is 109 cm³/mol. The summed E-state index contributed by atoms with van der Waals surface area (Å²) in [5.41, 5.74) is 0. The van der Waals surface area contributed by atoms with E-state index in [4.69, 9.17) is 4.74 Å². The number of nitrogens with one attached hydrogen (secondary N) is 2. The summed E-state index contributed by atoms with van der Waals surface area (Å²) >= 11 is 1.70. The lowest BCUT2D eigenvalue weighted by atomic mass is 10.2. The van der Waals surface area contributed by atoms with E-state index in [1.807, 2.05) is 18.4 Å². The smallest absolute Gasteiger partial charge is 0.191 e. The Balaban J connectivity index is 0.00000288. The lowest BCUT2D eigenvalue weighted by Gasteiger charge is -2.20. The summed E-state index contributed by atoms with van der Waals surface area (Å²) in [4.78, 5) is 5.44. The Labute approximate surface area is 163 Å². The minimum absolute atomic E-state index is 0. The molecule has 4 nitrogen and oxygen atoms in total. The zero-order valence-electron chi connectivity index (χ0n) is 13.8. The lowest BCUT2D eigenvalue weighted by molar-refractivity contribution is 0.199. The van der Waals surface area contributed by atoms with Crippen LogP contribution in [0.25, 0.3) is 0 Å². The monoisotopic (exact) mass is 463 g/mol. The van der Waals surface area contributed by atoms with E-state index in [1.54, 1.807) is 30.5 Å². The van der Waals surface area contributed by atoms with Gasteiger partial charge in [0.15, 0.2) is 5.96 Å². The fraction of sp³-hybridized carbons (Fsp3) is 0.353. The Morgan fingerprint density at radius 2 is 2.12 bits per heavy atom. The quantitative estimate of drug-likeness (QED) is 0.371. The number of nitrogens with zero attached hydrogens (tertiary/aromatic N) is 1. The molecular weight excluding hydrogens is 440 g/mol. The average molecular weight is 463 g/mol. The van der Waals surface area contributed by atoms with Crippen LogP contribution in [0.5, 0.6) is 5.75 Å². The number of benzene rings is 1. The number of hydrogen-bond donors (Lipinski definition) is 2. The maximum absolute atomic E-state index is 13.2. The SMILES string of the molecule is CCC(CNC(=NC)NCc1cccs1)Oc1cccc(F)c1.I. The molecule has 1 atom stereocenters. The van der Waals surface area contributed by atoms with Crippen LogP contribution >= 0.6 is 35.3 Å². The fourth-order valence-corrected chi connectivity index (χ4v) is 2.66. The molecule has 0 aliphatic carbocycles. The maximum Gasteiger partial charge on any atom is 0.191 e. The van der Waals surface area contributed by atoms with Gasteiger partial charge in [-0.2, -0.15) is 0 Å². The lowest BCUT2D eigenvalue weighted by Crippen LogP contribution is -2.42. The predicted octanol–water partition coefficient (Wildman–Crippen LogP) is 4.03. The third-order valence-corrected chi connectivity index (χ3v) is 4.16. The highest BCUT2D eigenvalue weighted by Crippen LogP contribution is 2.14. The molecule has 0 saturated carbocycles. The molecule has 0 aliphatic rings. The van der Waals surface area contributed by atoms with Gasteiger partial charge in [-0.15, -0.1) is 35.3 Å². The molecule has 1 aromatic carbocycles. The van der Waals surface area contributed by atoms with Crippen molar-refractivity contribution in [1.82, 2.24) is 10.6 Å². The molecule has 1 heterocycles. The molecule has 1 unspecified atom stereocenters. The van der Waals surface area contributed by atoms with Crippen LogP contribution in [-0.2, 0) is 6.54 Å². The van der Waals surface area contributed by atoms with E-state index in [-0.39, 0.29) is 35.9 Å². The minimum Gasteiger partial charge on any atom is -0.489 e. The van der Waals surface area contributed by atoms with Crippen molar-refractivity contribution in [2.24, 2.45) is 4.99 Å². The Morgan fingerprint density at radius 3 is 2.75 bits per heavy atom. The summed E-state index contributed by atoms with van der Waals surface area (Å²) in [7, 11) is 1.73. The number of ether oxygens (including phenoxy) is 1. The maximum atomic E-state index is 13.2. The van der Waals surface area contributed by atoms with E-state index in [2.05, 4.69) is 21.7 Å². The first-order valence-corrected chi connectivity index (χ1v) is 8.48. The first-order chi connectivity index (χ1) is 11.2. The molecule has 132 valence electrons. The molecule has 2 aromatic rings. The number of hydrogen-bond acceptors (Lipinski definition) is 3. The molecule has 0 fully saturated rings. The normalized spacial score (nSPS) is 12.2. The number of rotatable bonds is 7. The number of halogens is 2. The van der Waals surface area contributed by atoms with Gasteiger partial charge < -0.3 is 15.4 Å². The van der Waals surface area contributed by atoms with Crippen LogP contribution in [0.1, 0.15) is 18.2 Å². The highest BCUT2D eigenvalue weighted by Gasteiger charge is 2.10. The molecule has 2 rings (SSSR count). The standard InChI is InChI=1S/C17H22FN3OS.HI/c1-3-14(22-15-7-4-6-13(18)10-15)11-20-17(19-2)21-12-16-8-5-9-23-16;/h4-10,14H,3,11-12H2,1-2H3,(H2,19,20,21);1H. The summed E-state index contributed by atoms with van der Waals surface area (Å²) in [6.07, 6.45) is 0.753. The Bertz CT molecular complexity index is 622. The Kier molecular flexibility index (Phi) is 9.70. The van der Waals surface area contributed by atoms with E-state index in [0.29, 0.717) is 12.3 Å². The summed E-state index contributed by atoms with van der Waals surface area (Å²) in [5, 5.41) is 8.55. The second-order valence-corrected chi connectivity index (χ2v) is 6.02. The van der Waals surface area contributed by atoms with Gasteiger partial charge in [0, 0.05) is 18.0 Å². The van der Waals surface area contributed by atoms with Gasteiger partial charge in [-0.1, -0.05) is 19.1 Å². The van der Waals surface area contributed by atoms with Crippen molar-refractivity contribution in [2.45, 2.75) is 26.0 Å². The molecule has 0 amide bonds. The van der Waals surface area contributed by atoms with E-state index in [0.717, 1.165) is 18.9 Å². The van der Waals surface area contributed by atoms with Crippen LogP contribution in [0.4, 0.5) is 4.39 Å². The van der Waals surface area contributed by atoms with Crippen LogP contribution in [-0.4, -0.2) is 25.7 Å². The van der Waals surface area contributed by atoms with Gasteiger partial charge in [-0.25, -0.2) is 4.39 Å². The molecule has 24 heavy (non-hydrogen) atoms. The van der Waals surface area contributed by atoms with Gasteiger partial charge in [0.25, 0.3) is 0 Å². The third kappa shape index (κ3) is 7.04. The molecule has 1 aromatic heterocycles. The molecule has 0 saturated heterocycles. The second-order valence-electron chi connectivity index (χ2n) is 4.99. The summed E-state index contributed by atoms with van der Waals surface area (Å²) in [5.74, 6) is 0.971. The summed E-state index contributed by atoms with van der Waals surface area (Å²) in [6.45, 7) is 3.36. The molecule has 0 bridgehead atoms. The second kappa shape index (κ2) is 11.2. The van der Waals surface area contributed by atoms with Gasteiger partial charge in [0.05, 0.1) is 13.1 Å². The molecule has 2 N–H and O–H groups in total. The van der Waals surface area contributed by atoms with Crippen LogP contribution < -0.4 is 15.4 Å². The summed E-state index contributed by atoms with van der Waals surface area (Å²) < 4.78 is 19.0. The van der Waals surface area contributed by atoms with E-state index >= 15 is 0 Å². The molecular formula is C17H23FIN3OS. The van der Waals surface area contributed by atoms with E-state index in [1.165, 1.54) is 17.0 Å². The van der Waals surface area contributed by atoms with Gasteiger partial charge >= 0.3 is 0 Å². The first kappa shape index (κ1) is 20.7. The van der Waals surface area contributed by atoms with Crippen LogP contribution in [0.15, 0.2) is 46.8 Å². The molecule has 7 heteroatoms. The minimum atomic E-state index is -0.293. The van der Waals surface area contributed by atoms with Crippen molar-refractivity contribution in [2.75, 3.05) is 13.6 Å². The number of aliphatic imine (C=N–C) groups is 1. The van der Waals surface area contributed by atoms with E-state index in [9.17, 15) is 4.39 Å². The van der Waals surface area contributed by atoms with Crippen molar-refractivity contribution in [3.8, 4) is 5.75 Å². The van der Waals surface area contributed by atoms with Crippen molar-refractivity contribution in [3.63, 3.8) is 0 Å². The van der Waals surface area contributed by atoms with Gasteiger partial charge in [-0.3, -0.25) is 4.99 Å². The highest BCUT2D eigenvalue weighted by atomic mass is 127. The van der Waals surface area contributed by atoms with Gasteiger partial charge in [0.1, 0.15) is 17.7 Å². The van der Waals surface area contributed by atoms with Crippen molar-refractivity contribution >= 4 is 41.3 Å². The van der Waals surface area contributed by atoms with Crippen LogP contribution in [0.3, 0.4) is 0 Å². The fourth-order valence-electron chi connectivity index (χ4n) is 2.02. The Hall–Kier alpha value is -1.35. The zero-order chi connectivity index (χ0) is 16.5. The molecule has 0 spiro atoms. The highest BCUT2D eigenvalue weighted by molar-refractivity contribution is 14.0.